The van der Waals surface area contributed by atoms with Gasteiger partial charge in [0.05, 0.1) is 25.3 Å². The summed E-state index contributed by atoms with van der Waals surface area (Å²) in [6, 6.07) is 3.69. The number of amidine groups is 1. The van der Waals surface area contributed by atoms with E-state index in [2.05, 4.69) is 20.9 Å². The first kappa shape index (κ1) is 26.4. The van der Waals surface area contributed by atoms with Crippen LogP contribution in [-0.4, -0.2) is 72.5 Å². The van der Waals surface area contributed by atoms with Crippen LogP contribution in [0.25, 0.3) is 0 Å². The van der Waals surface area contributed by atoms with Crippen molar-refractivity contribution >= 4 is 45.0 Å². The fourth-order valence-corrected chi connectivity index (χ4v) is 5.85. The van der Waals surface area contributed by atoms with Crippen LogP contribution in [0.4, 0.5) is 4.39 Å². The Morgan fingerprint density at radius 2 is 2.06 bits per heavy atom. The number of esters is 2. The number of rotatable bonds is 9. The molecule has 0 unspecified atom stereocenters. The number of carbonyl (C=O) groups excluding carboxylic acids is 2. The topological polar surface area (TPSA) is 84.3 Å². The Hall–Kier alpha value is -2.63. The van der Waals surface area contributed by atoms with Gasteiger partial charge in [0.15, 0.2) is 10.8 Å². The van der Waals surface area contributed by atoms with E-state index >= 15 is 0 Å². The Bertz CT molecular complexity index is 1190. The lowest BCUT2D eigenvalue weighted by molar-refractivity contribution is -0.144. The van der Waals surface area contributed by atoms with Gasteiger partial charge in [-0.15, -0.1) is 11.3 Å². The van der Waals surface area contributed by atoms with Crippen LogP contribution in [0.3, 0.4) is 0 Å². The highest BCUT2D eigenvalue weighted by Crippen LogP contribution is 2.44. The molecule has 1 aromatic heterocycles. The quantitative estimate of drug-likeness (QED) is 0.413. The molecule has 36 heavy (non-hydrogen) atoms. The predicted molar refractivity (Wildman–Crippen MR) is 138 cm³/mol. The van der Waals surface area contributed by atoms with Gasteiger partial charge in [-0.3, -0.25) is 14.7 Å². The Morgan fingerprint density at radius 3 is 2.72 bits per heavy atom. The van der Waals surface area contributed by atoms with Gasteiger partial charge in [0, 0.05) is 34.8 Å². The number of hydrogen-bond acceptors (Lipinski definition) is 9. The summed E-state index contributed by atoms with van der Waals surface area (Å²) < 4.78 is 25.0. The van der Waals surface area contributed by atoms with Crippen molar-refractivity contribution in [3.05, 3.63) is 61.9 Å². The zero-order valence-corrected chi connectivity index (χ0v) is 22.8. The molecule has 0 radical (unpaired) electrons. The number of nitrogens with zero attached hydrogens (tertiary/aromatic N) is 4. The first-order valence-electron chi connectivity index (χ1n) is 11.8. The number of carbonyl (C=O) groups is 2. The number of aliphatic imine (C=N–C) groups is 1. The summed E-state index contributed by atoms with van der Waals surface area (Å²) >= 11 is 4.92. The minimum atomic E-state index is -0.680. The summed E-state index contributed by atoms with van der Waals surface area (Å²) in [5, 5.41) is 2.62. The van der Waals surface area contributed by atoms with Crippen molar-refractivity contribution in [1.82, 2.24) is 14.8 Å². The SMILES string of the molecule is CCOC(=O)CN(C)C[C@@H]1CC2=C(C(=O)OCC)[C@H](c3ccc(F)cc3Br)N=C(c3nccs3)N2C1. The molecule has 192 valence electrons. The van der Waals surface area contributed by atoms with Gasteiger partial charge in [-0.25, -0.2) is 14.2 Å². The molecule has 1 fully saturated rings. The third kappa shape index (κ3) is 5.68. The molecular weight excluding hydrogens is 551 g/mol. The molecule has 2 aromatic rings. The molecule has 0 amide bonds. The van der Waals surface area contributed by atoms with E-state index in [1.165, 1.54) is 23.5 Å². The van der Waals surface area contributed by atoms with Gasteiger partial charge < -0.3 is 14.4 Å². The molecule has 4 rings (SSSR count). The summed E-state index contributed by atoms with van der Waals surface area (Å²) in [6.45, 7) is 5.54. The minimum absolute atomic E-state index is 0.129. The largest absolute Gasteiger partial charge is 0.465 e. The van der Waals surface area contributed by atoms with Gasteiger partial charge in [0.2, 0.25) is 0 Å². The molecular formula is C25H28BrFN4O4S. The number of benzene rings is 1. The lowest BCUT2D eigenvalue weighted by Crippen LogP contribution is -2.37. The second-order valence-electron chi connectivity index (χ2n) is 8.62. The number of allylic oxidation sites excluding steroid dienone is 1. The van der Waals surface area contributed by atoms with E-state index in [1.54, 1.807) is 26.1 Å². The average Bonchev–Trinajstić information content (AvgIpc) is 3.48. The highest BCUT2D eigenvalue weighted by atomic mass is 79.9. The Labute approximate surface area is 221 Å². The van der Waals surface area contributed by atoms with E-state index in [1.807, 2.05) is 22.2 Å². The first-order chi connectivity index (χ1) is 17.3. The Kier molecular flexibility index (Phi) is 8.53. The van der Waals surface area contributed by atoms with E-state index in [0.717, 1.165) is 10.7 Å². The van der Waals surface area contributed by atoms with Crippen LogP contribution >= 0.6 is 27.3 Å². The molecule has 1 saturated heterocycles. The molecule has 0 N–H and O–H groups in total. The molecule has 11 heteroatoms. The molecule has 3 heterocycles. The highest BCUT2D eigenvalue weighted by molar-refractivity contribution is 9.10. The van der Waals surface area contributed by atoms with E-state index in [0.29, 0.717) is 47.6 Å². The lowest BCUT2D eigenvalue weighted by atomic mass is 9.93. The smallest absolute Gasteiger partial charge is 0.338 e. The second kappa shape index (κ2) is 11.6. The molecule has 2 atom stereocenters. The summed E-state index contributed by atoms with van der Waals surface area (Å²) in [7, 11) is 1.88. The second-order valence-corrected chi connectivity index (χ2v) is 10.4. The number of thiazole rings is 1. The van der Waals surface area contributed by atoms with Crippen molar-refractivity contribution in [2.75, 3.05) is 39.9 Å². The molecule has 2 aliphatic rings. The summed E-state index contributed by atoms with van der Waals surface area (Å²) in [5.41, 5.74) is 1.94. The number of halogens is 2. The molecule has 8 nitrogen and oxygen atoms in total. The average molecular weight is 579 g/mol. The van der Waals surface area contributed by atoms with Crippen LogP contribution in [0.1, 0.15) is 36.9 Å². The first-order valence-corrected chi connectivity index (χ1v) is 13.4. The third-order valence-corrected chi connectivity index (χ3v) is 7.45. The zero-order chi connectivity index (χ0) is 25.8. The monoisotopic (exact) mass is 578 g/mol. The minimum Gasteiger partial charge on any atom is -0.465 e. The van der Waals surface area contributed by atoms with E-state index in [9.17, 15) is 14.0 Å². The van der Waals surface area contributed by atoms with Crippen molar-refractivity contribution in [3.63, 3.8) is 0 Å². The molecule has 2 aliphatic heterocycles. The summed E-state index contributed by atoms with van der Waals surface area (Å²) in [4.78, 5) is 38.7. The fourth-order valence-electron chi connectivity index (χ4n) is 4.65. The maximum absolute atomic E-state index is 13.9. The maximum Gasteiger partial charge on any atom is 0.338 e. The van der Waals surface area contributed by atoms with Gasteiger partial charge in [-0.05, 0) is 50.9 Å². The highest BCUT2D eigenvalue weighted by Gasteiger charge is 2.42. The fraction of sp³-hybridized carbons (Fsp3) is 0.440. The predicted octanol–water partition coefficient (Wildman–Crippen LogP) is 4.18. The van der Waals surface area contributed by atoms with E-state index < -0.39 is 12.0 Å². The normalized spacial score (nSPS) is 19.4. The van der Waals surface area contributed by atoms with Crippen molar-refractivity contribution in [2.24, 2.45) is 10.9 Å². The third-order valence-electron chi connectivity index (χ3n) is 5.99. The van der Waals surface area contributed by atoms with Crippen molar-refractivity contribution in [1.29, 1.82) is 0 Å². The van der Waals surface area contributed by atoms with Gasteiger partial charge in [-0.2, -0.15) is 0 Å². The van der Waals surface area contributed by atoms with Crippen molar-refractivity contribution in [3.8, 4) is 0 Å². The molecule has 0 saturated carbocycles. The maximum atomic E-state index is 13.9. The van der Waals surface area contributed by atoms with E-state index in [-0.39, 0.29) is 30.9 Å². The number of ether oxygens (including phenoxy) is 2. The Morgan fingerprint density at radius 1 is 1.28 bits per heavy atom. The summed E-state index contributed by atoms with van der Waals surface area (Å²) in [6.07, 6.45) is 2.32. The van der Waals surface area contributed by atoms with Gasteiger partial charge in [0.1, 0.15) is 11.9 Å². The zero-order valence-electron chi connectivity index (χ0n) is 20.4. The van der Waals surface area contributed by atoms with Crippen molar-refractivity contribution < 1.29 is 23.5 Å². The molecule has 1 aromatic carbocycles. The number of aromatic nitrogens is 1. The van der Waals surface area contributed by atoms with Gasteiger partial charge in [0.25, 0.3) is 0 Å². The van der Waals surface area contributed by atoms with Crippen molar-refractivity contribution in [2.45, 2.75) is 26.3 Å². The van der Waals surface area contributed by atoms with E-state index in [4.69, 9.17) is 14.5 Å². The van der Waals surface area contributed by atoms with Crippen LogP contribution < -0.4 is 0 Å². The standard InChI is InChI=1S/C25H28BrFN4O4S/c1-4-34-20(32)14-30(3)12-15-10-19-21(25(33)35-5-2)22(17-7-6-16(27)11-18(17)26)29-23(31(19)13-15)24-28-8-9-36-24/h6-9,11,15,22H,4-5,10,12-14H2,1-3H3/t15-,22-/m0/s1. The number of fused-ring (bicyclic) bond motifs is 1. The van der Waals surface area contributed by atoms with Gasteiger partial charge in [-0.1, -0.05) is 22.0 Å². The van der Waals surface area contributed by atoms with Crippen LogP contribution in [0.2, 0.25) is 0 Å². The van der Waals surface area contributed by atoms with Crippen LogP contribution in [0.5, 0.6) is 0 Å². The van der Waals surface area contributed by atoms with Crippen LogP contribution in [0.15, 0.2) is 50.5 Å². The van der Waals surface area contributed by atoms with Crippen LogP contribution in [0, 0.1) is 11.7 Å². The lowest BCUT2D eigenvalue weighted by Gasteiger charge is -2.32. The molecule has 0 bridgehead atoms. The number of likely N-dealkylation sites (N-methyl/N-ethyl adjacent to an activating group) is 1. The molecule has 0 aliphatic carbocycles. The van der Waals surface area contributed by atoms with Gasteiger partial charge >= 0.3 is 11.9 Å². The summed E-state index contributed by atoms with van der Waals surface area (Å²) in [5.74, 6) is -0.299. The van der Waals surface area contributed by atoms with Crippen LogP contribution in [-0.2, 0) is 19.1 Å². The Balaban J connectivity index is 1.74. The molecule has 0 spiro atoms. The number of hydrogen-bond donors (Lipinski definition) is 0.